The minimum atomic E-state index is 0.0499. The maximum atomic E-state index is 12.6. The molecule has 0 aromatic carbocycles. The zero-order chi connectivity index (χ0) is 13.9. The number of ether oxygens (including phenoxy) is 2. The van der Waals surface area contributed by atoms with Crippen LogP contribution in [0.2, 0.25) is 0 Å². The predicted molar refractivity (Wildman–Crippen MR) is 77.9 cm³/mol. The van der Waals surface area contributed by atoms with Crippen LogP contribution in [-0.4, -0.2) is 48.8 Å². The van der Waals surface area contributed by atoms with E-state index in [0.29, 0.717) is 26.2 Å². The van der Waals surface area contributed by atoms with Crippen molar-refractivity contribution in [3.05, 3.63) is 22.4 Å². The van der Waals surface area contributed by atoms with Crippen LogP contribution < -0.4 is 0 Å². The normalized spacial score (nSPS) is 29.4. The van der Waals surface area contributed by atoms with E-state index in [1.807, 2.05) is 28.7 Å². The minimum Gasteiger partial charge on any atom is -0.374 e. The summed E-state index contributed by atoms with van der Waals surface area (Å²) in [7, 11) is 0. The van der Waals surface area contributed by atoms with Gasteiger partial charge in [-0.3, -0.25) is 4.79 Å². The Labute approximate surface area is 123 Å². The first-order valence-corrected chi connectivity index (χ1v) is 8.27. The van der Waals surface area contributed by atoms with Crippen molar-refractivity contribution in [1.29, 1.82) is 0 Å². The third kappa shape index (κ3) is 2.75. The second kappa shape index (κ2) is 6.24. The average Bonchev–Trinajstić information content (AvgIpc) is 2.99. The van der Waals surface area contributed by atoms with Gasteiger partial charge in [0, 0.05) is 13.2 Å². The molecule has 1 saturated heterocycles. The van der Waals surface area contributed by atoms with E-state index in [1.165, 1.54) is 0 Å². The number of hydrogen-bond donors (Lipinski definition) is 0. The minimum absolute atomic E-state index is 0.0499. The summed E-state index contributed by atoms with van der Waals surface area (Å²) in [5.41, 5.74) is 1.10. The van der Waals surface area contributed by atoms with E-state index in [0.717, 1.165) is 18.4 Å². The molecule has 2 aliphatic rings. The molecule has 1 aliphatic carbocycles. The van der Waals surface area contributed by atoms with E-state index in [2.05, 4.69) is 0 Å². The van der Waals surface area contributed by atoms with Gasteiger partial charge in [0.1, 0.15) is 6.10 Å². The summed E-state index contributed by atoms with van der Waals surface area (Å²) in [5, 5.41) is 4.06. The Morgan fingerprint density at radius 3 is 3.20 bits per heavy atom. The van der Waals surface area contributed by atoms with E-state index in [-0.39, 0.29) is 24.2 Å². The molecule has 5 heteroatoms. The molecule has 3 rings (SSSR count). The Morgan fingerprint density at radius 1 is 1.55 bits per heavy atom. The van der Waals surface area contributed by atoms with Crippen LogP contribution in [0.15, 0.2) is 16.8 Å². The Hall–Kier alpha value is -0.910. The Balaban J connectivity index is 1.72. The molecule has 20 heavy (non-hydrogen) atoms. The van der Waals surface area contributed by atoms with E-state index in [4.69, 9.17) is 9.47 Å². The molecule has 0 spiro atoms. The summed E-state index contributed by atoms with van der Waals surface area (Å²) in [4.78, 5) is 14.6. The Kier molecular flexibility index (Phi) is 4.38. The van der Waals surface area contributed by atoms with Crippen LogP contribution in [0.1, 0.15) is 25.3 Å². The fourth-order valence-electron chi connectivity index (χ4n) is 3.28. The highest BCUT2D eigenvalue weighted by atomic mass is 32.1. The lowest BCUT2D eigenvalue weighted by Gasteiger charge is -2.31. The number of carbonyl (C=O) groups is 1. The smallest absolute Gasteiger partial charge is 0.227 e. The summed E-state index contributed by atoms with van der Waals surface area (Å²) in [5.74, 6) is 0.198. The summed E-state index contributed by atoms with van der Waals surface area (Å²) in [6.45, 7) is 3.99. The molecule has 3 atom stereocenters. The quantitative estimate of drug-likeness (QED) is 0.854. The number of carbonyl (C=O) groups excluding carboxylic acids is 1. The first kappa shape index (κ1) is 14.0. The Bertz CT molecular complexity index is 448. The standard InChI is InChI=1S/C15H21NO3S/c1-2-18-15-12-3-4-13(15)19-7-6-16(12)14(17)9-11-5-8-20-10-11/h5,8,10,12-13,15H,2-4,6-7,9H2,1H3/t12-,13-,15-/m1/s1. The van der Waals surface area contributed by atoms with Gasteiger partial charge in [0.05, 0.1) is 25.2 Å². The highest BCUT2D eigenvalue weighted by molar-refractivity contribution is 7.07. The molecular weight excluding hydrogens is 274 g/mol. The van der Waals surface area contributed by atoms with Crippen LogP contribution in [0.4, 0.5) is 0 Å². The summed E-state index contributed by atoms with van der Waals surface area (Å²) >= 11 is 1.64. The fourth-order valence-corrected chi connectivity index (χ4v) is 3.95. The predicted octanol–water partition coefficient (Wildman–Crippen LogP) is 2.09. The van der Waals surface area contributed by atoms with Crippen LogP contribution in [-0.2, 0) is 20.7 Å². The van der Waals surface area contributed by atoms with Crippen molar-refractivity contribution in [3.8, 4) is 0 Å². The van der Waals surface area contributed by atoms with Crippen molar-refractivity contribution in [1.82, 2.24) is 4.90 Å². The molecule has 0 N–H and O–H groups in total. The van der Waals surface area contributed by atoms with Crippen molar-refractivity contribution < 1.29 is 14.3 Å². The summed E-state index contributed by atoms with van der Waals surface area (Å²) < 4.78 is 11.7. The van der Waals surface area contributed by atoms with Crippen LogP contribution >= 0.6 is 11.3 Å². The molecule has 2 bridgehead atoms. The zero-order valence-electron chi connectivity index (χ0n) is 11.8. The first-order chi connectivity index (χ1) is 9.79. The van der Waals surface area contributed by atoms with Gasteiger partial charge in [-0.2, -0.15) is 11.3 Å². The average molecular weight is 295 g/mol. The third-order valence-corrected chi connectivity index (χ3v) is 4.90. The van der Waals surface area contributed by atoms with Crippen LogP contribution in [0.25, 0.3) is 0 Å². The Morgan fingerprint density at radius 2 is 2.45 bits per heavy atom. The fraction of sp³-hybridized carbons (Fsp3) is 0.667. The molecule has 1 saturated carbocycles. The van der Waals surface area contributed by atoms with Crippen molar-refractivity contribution in [2.24, 2.45) is 0 Å². The van der Waals surface area contributed by atoms with Gasteiger partial charge in [0.25, 0.3) is 0 Å². The molecule has 1 aromatic heterocycles. The van der Waals surface area contributed by atoms with E-state index in [1.54, 1.807) is 11.3 Å². The topological polar surface area (TPSA) is 38.8 Å². The number of fused-ring (bicyclic) bond motifs is 2. The summed E-state index contributed by atoms with van der Waals surface area (Å²) in [6, 6.07) is 2.21. The van der Waals surface area contributed by atoms with Crippen molar-refractivity contribution >= 4 is 17.2 Å². The number of nitrogens with zero attached hydrogens (tertiary/aromatic N) is 1. The van der Waals surface area contributed by atoms with Crippen LogP contribution in [0, 0.1) is 0 Å². The molecule has 2 fully saturated rings. The highest BCUT2D eigenvalue weighted by Crippen LogP contribution is 2.32. The molecule has 110 valence electrons. The third-order valence-electron chi connectivity index (χ3n) is 4.17. The van der Waals surface area contributed by atoms with Crippen LogP contribution in [0.3, 0.4) is 0 Å². The van der Waals surface area contributed by atoms with E-state index < -0.39 is 0 Å². The van der Waals surface area contributed by atoms with Crippen molar-refractivity contribution in [2.75, 3.05) is 19.8 Å². The molecule has 0 radical (unpaired) electrons. The van der Waals surface area contributed by atoms with Crippen molar-refractivity contribution in [2.45, 2.75) is 44.4 Å². The van der Waals surface area contributed by atoms with Gasteiger partial charge in [-0.05, 0) is 42.2 Å². The van der Waals surface area contributed by atoms with Gasteiger partial charge < -0.3 is 14.4 Å². The zero-order valence-corrected chi connectivity index (χ0v) is 12.6. The van der Waals surface area contributed by atoms with Crippen LogP contribution in [0.5, 0.6) is 0 Å². The lowest BCUT2D eigenvalue weighted by Crippen LogP contribution is -2.47. The maximum Gasteiger partial charge on any atom is 0.227 e. The number of rotatable bonds is 4. The molecular formula is C15H21NO3S. The molecule has 1 aromatic rings. The van der Waals surface area contributed by atoms with Gasteiger partial charge in [-0.1, -0.05) is 0 Å². The molecule has 0 unspecified atom stereocenters. The monoisotopic (exact) mass is 295 g/mol. The molecule has 2 heterocycles. The largest absolute Gasteiger partial charge is 0.374 e. The van der Waals surface area contributed by atoms with Gasteiger partial charge in [0.15, 0.2) is 0 Å². The van der Waals surface area contributed by atoms with Crippen molar-refractivity contribution in [3.63, 3.8) is 0 Å². The number of hydrogen-bond acceptors (Lipinski definition) is 4. The molecule has 4 nitrogen and oxygen atoms in total. The second-order valence-corrected chi connectivity index (χ2v) is 6.15. The van der Waals surface area contributed by atoms with Gasteiger partial charge in [-0.25, -0.2) is 0 Å². The lowest BCUT2D eigenvalue weighted by molar-refractivity contribution is -0.135. The van der Waals surface area contributed by atoms with Gasteiger partial charge >= 0.3 is 0 Å². The molecule has 1 amide bonds. The van der Waals surface area contributed by atoms with Gasteiger partial charge in [0.2, 0.25) is 5.91 Å². The second-order valence-electron chi connectivity index (χ2n) is 5.37. The lowest BCUT2D eigenvalue weighted by atomic mass is 10.1. The molecule has 1 aliphatic heterocycles. The first-order valence-electron chi connectivity index (χ1n) is 7.33. The van der Waals surface area contributed by atoms with E-state index in [9.17, 15) is 4.79 Å². The van der Waals surface area contributed by atoms with Gasteiger partial charge in [-0.15, -0.1) is 0 Å². The SMILES string of the molecule is CCO[C@@H]1[C@H]2CC[C@H]1OCCN2C(=O)Cc1ccsc1. The summed E-state index contributed by atoms with van der Waals surface area (Å²) in [6.07, 6.45) is 2.69. The highest BCUT2D eigenvalue weighted by Gasteiger charge is 2.44. The maximum absolute atomic E-state index is 12.6. The number of amides is 1. The number of thiophene rings is 1. The van der Waals surface area contributed by atoms with E-state index >= 15 is 0 Å².